The van der Waals surface area contributed by atoms with Gasteiger partial charge in [-0.05, 0) is 39.2 Å². The van der Waals surface area contributed by atoms with E-state index in [0.29, 0.717) is 19.4 Å². The number of benzene rings is 1. The summed E-state index contributed by atoms with van der Waals surface area (Å²) in [7, 11) is 0. The van der Waals surface area contributed by atoms with Crippen molar-refractivity contribution in [2.24, 2.45) is 11.7 Å². The lowest BCUT2D eigenvalue weighted by Gasteiger charge is -2.31. The van der Waals surface area contributed by atoms with Gasteiger partial charge in [-0.2, -0.15) is 0 Å². The summed E-state index contributed by atoms with van der Waals surface area (Å²) in [5, 5.41) is 10.5. The van der Waals surface area contributed by atoms with Crippen molar-refractivity contribution >= 4 is 12.1 Å². The molecule has 0 bridgehead atoms. The number of hydrogen-bond donors (Lipinski definition) is 2. The van der Waals surface area contributed by atoms with Crippen LogP contribution in [-0.2, 0) is 20.9 Å². The van der Waals surface area contributed by atoms with E-state index in [1.165, 1.54) is 4.90 Å². The van der Waals surface area contributed by atoms with Crippen LogP contribution < -0.4 is 5.73 Å². The molecule has 0 spiro atoms. The zero-order valence-electron chi connectivity index (χ0n) is 15.6. The molecule has 0 aliphatic carbocycles. The summed E-state index contributed by atoms with van der Waals surface area (Å²) >= 11 is 0. The summed E-state index contributed by atoms with van der Waals surface area (Å²) in [6.45, 7) is 5.73. The van der Waals surface area contributed by atoms with Crippen LogP contribution in [0, 0.1) is 5.92 Å². The van der Waals surface area contributed by atoms with Gasteiger partial charge in [-0.15, -0.1) is 0 Å². The van der Waals surface area contributed by atoms with Gasteiger partial charge in [0.25, 0.3) is 0 Å². The third-order valence-corrected chi connectivity index (χ3v) is 4.19. The lowest BCUT2D eigenvalue weighted by atomic mass is 9.96. The smallest absolute Gasteiger partial charge is 0.411 e. The molecule has 26 heavy (non-hydrogen) atoms. The second-order valence-electron chi connectivity index (χ2n) is 7.50. The maximum atomic E-state index is 12.4. The third-order valence-electron chi connectivity index (χ3n) is 4.19. The average molecular weight is 364 g/mol. The maximum Gasteiger partial charge on any atom is 0.411 e. The van der Waals surface area contributed by atoms with Gasteiger partial charge in [-0.25, -0.2) is 4.79 Å². The molecule has 1 aliphatic rings. The lowest BCUT2D eigenvalue weighted by molar-refractivity contribution is -0.165. The molecule has 7 nitrogen and oxygen atoms in total. The number of nitrogens with zero attached hydrogens (tertiary/aromatic N) is 1. The lowest BCUT2D eigenvalue weighted by Crippen LogP contribution is -2.54. The van der Waals surface area contributed by atoms with Gasteiger partial charge >= 0.3 is 12.1 Å². The molecular formula is C19H28N2O5. The quantitative estimate of drug-likeness (QED) is 0.796. The van der Waals surface area contributed by atoms with E-state index in [0.717, 1.165) is 5.56 Å². The van der Waals surface area contributed by atoms with E-state index in [-0.39, 0.29) is 6.61 Å². The van der Waals surface area contributed by atoms with Crippen LogP contribution in [0.25, 0.3) is 0 Å². The first-order valence-corrected chi connectivity index (χ1v) is 8.83. The van der Waals surface area contributed by atoms with Gasteiger partial charge in [-0.3, -0.25) is 9.69 Å². The Bertz CT molecular complexity index is 614. The standard InChI is InChI=1S/C19H28N2O5/c1-19(2,3)26-17(23)14-10-7-11-21(16(20)15(14)22)18(24)25-12-13-8-5-4-6-9-13/h4-6,8-9,14-16,22H,7,10-12,20H2,1-3H3. The molecule has 0 radical (unpaired) electrons. The van der Waals surface area contributed by atoms with Gasteiger partial charge in [0, 0.05) is 6.54 Å². The molecule has 0 saturated carbocycles. The van der Waals surface area contributed by atoms with Crippen LogP contribution in [-0.4, -0.2) is 46.5 Å². The second kappa shape index (κ2) is 8.51. The van der Waals surface area contributed by atoms with Gasteiger partial charge in [0.1, 0.15) is 24.5 Å². The number of rotatable bonds is 3. The van der Waals surface area contributed by atoms with Crippen LogP contribution in [0.15, 0.2) is 30.3 Å². The van der Waals surface area contributed by atoms with Crippen molar-refractivity contribution in [1.29, 1.82) is 0 Å². The molecule has 1 aromatic carbocycles. The predicted octanol–water partition coefficient (Wildman–Crippen LogP) is 2.02. The van der Waals surface area contributed by atoms with Crippen LogP contribution in [0.1, 0.15) is 39.2 Å². The molecule has 1 fully saturated rings. The second-order valence-corrected chi connectivity index (χ2v) is 7.50. The Kier molecular flexibility index (Phi) is 6.61. The minimum absolute atomic E-state index is 0.120. The summed E-state index contributed by atoms with van der Waals surface area (Å²) in [4.78, 5) is 26.0. The number of amides is 1. The topological polar surface area (TPSA) is 102 Å². The van der Waals surface area contributed by atoms with E-state index in [1.807, 2.05) is 30.3 Å². The molecule has 2 rings (SSSR count). The number of carbonyl (C=O) groups excluding carboxylic acids is 2. The van der Waals surface area contributed by atoms with Crippen molar-refractivity contribution in [3.8, 4) is 0 Å². The highest BCUT2D eigenvalue weighted by Gasteiger charge is 2.40. The van der Waals surface area contributed by atoms with Crippen LogP contribution >= 0.6 is 0 Å². The van der Waals surface area contributed by atoms with E-state index in [2.05, 4.69) is 0 Å². The number of ether oxygens (including phenoxy) is 2. The van der Waals surface area contributed by atoms with Crippen LogP contribution in [0.2, 0.25) is 0 Å². The van der Waals surface area contributed by atoms with E-state index >= 15 is 0 Å². The molecule has 1 saturated heterocycles. The molecule has 3 unspecified atom stereocenters. The Morgan fingerprint density at radius 2 is 1.92 bits per heavy atom. The van der Waals surface area contributed by atoms with Crippen LogP contribution in [0.5, 0.6) is 0 Å². The Balaban J connectivity index is 1.99. The summed E-state index contributed by atoms with van der Waals surface area (Å²) in [5.41, 5.74) is 6.26. The van der Waals surface area contributed by atoms with Crippen molar-refractivity contribution in [2.75, 3.05) is 6.54 Å². The highest BCUT2D eigenvalue weighted by Crippen LogP contribution is 2.25. The van der Waals surface area contributed by atoms with E-state index in [4.69, 9.17) is 15.2 Å². The van der Waals surface area contributed by atoms with Gasteiger partial charge in [-0.1, -0.05) is 30.3 Å². The zero-order chi connectivity index (χ0) is 19.3. The van der Waals surface area contributed by atoms with Gasteiger partial charge in [0.2, 0.25) is 0 Å². The van der Waals surface area contributed by atoms with Gasteiger partial charge < -0.3 is 20.3 Å². The molecular weight excluding hydrogens is 336 g/mol. The van der Waals surface area contributed by atoms with Crippen molar-refractivity contribution in [1.82, 2.24) is 4.90 Å². The summed E-state index contributed by atoms with van der Waals surface area (Å²) in [5.74, 6) is -1.27. The zero-order valence-corrected chi connectivity index (χ0v) is 15.6. The molecule has 0 aromatic heterocycles. The van der Waals surface area contributed by atoms with Crippen LogP contribution in [0.3, 0.4) is 0 Å². The van der Waals surface area contributed by atoms with Gasteiger partial charge in [0.15, 0.2) is 0 Å². The number of aliphatic hydroxyl groups excluding tert-OH is 1. The Morgan fingerprint density at radius 1 is 1.27 bits per heavy atom. The maximum absolute atomic E-state index is 12.4. The fourth-order valence-electron chi connectivity index (χ4n) is 2.87. The van der Waals surface area contributed by atoms with Crippen molar-refractivity contribution in [3.63, 3.8) is 0 Å². The normalized spacial score (nSPS) is 23.9. The van der Waals surface area contributed by atoms with Crippen molar-refractivity contribution in [2.45, 2.75) is 58.1 Å². The fourth-order valence-corrected chi connectivity index (χ4v) is 2.87. The number of likely N-dealkylation sites (tertiary alicyclic amines) is 1. The monoisotopic (exact) mass is 364 g/mol. The number of aliphatic hydroxyl groups is 1. The highest BCUT2D eigenvalue weighted by molar-refractivity contribution is 5.74. The number of carbonyl (C=O) groups is 2. The number of hydrogen-bond acceptors (Lipinski definition) is 6. The minimum Gasteiger partial charge on any atom is -0.460 e. The van der Waals surface area contributed by atoms with Crippen molar-refractivity contribution in [3.05, 3.63) is 35.9 Å². The molecule has 1 aliphatic heterocycles. The molecule has 3 N–H and O–H groups in total. The SMILES string of the molecule is CC(C)(C)OC(=O)C1CCCN(C(=O)OCc2ccccc2)C(N)C1O. The first-order chi connectivity index (χ1) is 12.2. The first-order valence-electron chi connectivity index (χ1n) is 8.83. The minimum atomic E-state index is -1.21. The van der Waals surface area contributed by atoms with Gasteiger partial charge in [0.05, 0.1) is 5.92 Å². The Hall–Kier alpha value is -2.12. The van der Waals surface area contributed by atoms with E-state index in [1.54, 1.807) is 20.8 Å². The average Bonchev–Trinajstić information content (AvgIpc) is 2.72. The fraction of sp³-hybridized carbons (Fsp3) is 0.579. The predicted molar refractivity (Wildman–Crippen MR) is 95.9 cm³/mol. The highest BCUT2D eigenvalue weighted by atomic mass is 16.6. The molecule has 1 amide bonds. The third kappa shape index (κ3) is 5.44. The summed E-state index contributed by atoms with van der Waals surface area (Å²) < 4.78 is 10.7. The molecule has 144 valence electrons. The molecule has 7 heteroatoms. The molecule has 1 heterocycles. The molecule has 1 aromatic rings. The summed E-state index contributed by atoms with van der Waals surface area (Å²) in [6.07, 6.45) is -1.93. The molecule has 3 atom stereocenters. The Morgan fingerprint density at radius 3 is 2.54 bits per heavy atom. The van der Waals surface area contributed by atoms with E-state index < -0.39 is 35.9 Å². The van der Waals surface area contributed by atoms with Crippen molar-refractivity contribution < 1.29 is 24.2 Å². The summed E-state index contributed by atoms with van der Waals surface area (Å²) in [6, 6.07) is 9.29. The Labute approximate surface area is 154 Å². The van der Waals surface area contributed by atoms with Crippen LogP contribution in [0.4, 0.5) is 4.79 Å². The first kappa shape index (κ1) is 20.2. The largest absolute Gasteiger partial charge is 0.460 e. The number of esters is 1. The number of nitrogens with two attached hydrogens (primary N) is 1. The van der Waals surface area contributed by atoms with E-state index in [9.17, 15) is 14.7 Å².